The second-order valence-electron chi connectivity index (χ2n) is 6.70. The Labute approximate surface area is 148 Å². The van der Waals surface area contributed by atoms with Gasteiger partial charge >= 0.3 is 12.1 Å². The molecule has 0 saturated heterocycles. The van der Waals surface area contributed by atoms with Gasteiger partial charge in [-0.15, -0.1) is 0 Å². The number of nitrogens with zero attached hydrogens (tertiary/aromatic N) is 4. The molecule has 0 aliphatic rings. The van der Waals surface area contributed by atoms with Crippen molar-refractivity contribution < 1.29 is 22.7 Å². The molecule has 0 aliphatic heterocycles. The highest BCUT2D eigenvalue weighted by atomic mass is 19.4. The largest absolute Gasteiger partial charge is 0.460 e. The van der Waals surface area contributed by atoms with Crippen LogP contribution in [0.5, 0.6) is 0 Å². The van der Waals surface area contributed by atoms with Crippen LogP contribution < -0.4 is 0 Å². The molecule has 0 amide bonds. The first-order valence-corrected chi connectivity index (χ1v) is 7.90. The molecule has 0 aliphatic carbocycles. The van der Waals surface area contributed by atoms with Gasteiger partial charge in [-0.2, -0.15) is 13.2 Å². The third-order valence-electron chi connectivity index (χ3n) is 3.23. The van der Waals surface area contributed by atoms with Gasteiger partial charge in [-0.3, -0.25) is 4.79 Å². The lowest BCUT2D eigenvalue weighted by Gasteiger charge is -2.19. The first-order valence-electron chi connectivity index (χ1n) is 7.90. The van der Waals surface area contributed by atoms with Crippen molar-refractivity contribution in [3.8, 4) is 11.4 Å². The zero-order valence-electron chi connectivity index (χ0n) is 14.9. The van der Waals surface area contributed by atoms with Crippen LogP contribution in [0.25, 0.3) is 11.4 Å². The molecule has 0 spiro atoms. The van der Waals surface area contributed by atoms with E-state index in [1.807, 2.05) is 0 Å². The number of carbonyl (C=O) groups is 1. The van der Waals surface area contributed by atoms with Crippen LogP contribution in [0.4, 0.5) is 13.2 Å². The maximum Gasteiger partial charge on any atom is 0.451 e. The number of aryl methyl sites for hydroxylation is 2. The third kappa shape index (κ3) is 5.47. The summed E-state index contributed by atoms with van der Waals surface area (Å²) in [4.78, 5) is 26.9. The van der Waals surface area contributed by atoms with Crippen molar-refractivity contribution in [2.75, 3.05) is 0 Å². The van der Waals surface area contributed by atoms with Crippen LogP contribution in [0, 0.1) is 6.92 Å². The smallest absolute Gasteiger partial charge is 0.451 e. The standard InChI is InChI=1S/C17H19F3N4O2/c1-10-7-21-14(11-8-22-15(23-9-11)17(18,19)20)24-12(10)5-6-13(25)26-16(2,3)4/h7-9H,5-6H2,1-4H3. The average Bonchev–Trinajstić information content (AvgIpc) is 2.52. The Hall–Kier alpha value is -2.58. The highest BCUT2D eigenvalue weighted by Gasteiger charge is 2.34. The maximum absolute atomic E-state index is 12.5. The van der Waals surface area contributed by atoms with E-state index in [1.54, 1.807) is 33.9 Å². The first kappa shape index (κ1) is 19.7. The van der Waals surface area contributed by atoms with Gasteiger partial charge < -0.3 is 4.74 Å². The molecular formula is C17H19F3N4O2. The van der Waals surface area contributed by atoms with Gasteiger partial charge in [-0.05, 0) is 33.3 Å². The summed E-state index contributed by atoms with van der Waals surface area (Å²) in [5.41, 5.74) is 1.07. The highest BCUT2D eigenvalue weighted by Crippen LogP contribution is 2.26. The number of hydrogen-bond donors (Lipinski definition) is 0. The minimum absolute atomic E-state index is 0.137. The Morgan fingerprint density at radius 3 is 2.23 bits per heavy atom. The zero-order chi connectivity index (χ0) is 19.5. The SMILES string of the molecule is Cc1cnc(-c2cnc(C(F)(F)F)nc2)nc1CCC(=O)OC(C)(C)C. The number of ether oxygens (including phenoxy) is 1. The summed E-state index contributed by atoms with van der Waals surface area (Å²) >= 11 is 0. The molecule has 0 unspecified atom stereocenters. The third-order valence-corrected chi connectivity index (χ3v) is 3.23. The molecule has 140 valence electrons. The fraction of sp³-hybridized carbons (Fsp3) is 0.471. The van der Waals surface area contributed by atoms with Crippen molar-refractivity contribution in [2.45, 2.75) is 52.3 Å². The summed E-state index contributed by atoms with van der Waals surface area (Å²) < 4.78 is 42.8. The van der Waals surface area contributed by atoms with Gasteiger partial charge in [0.25, 0.3) is 0 Å². The number of esters is 1. The molecule has 0 saturated carbocycles. The number of alkyl halides is 3. The zero-order valence-corrected chi connectivity index (χ0v) is 14.9. The number of rotatable bonds is 4. The topological polar surface area (TPSA) is 77.9 Å². The second kappa shape index (κ2) is 7.35. The molecule has 0 aromatic carbocycles. The minimum Gasteiger partial charge on any atom is -0.460 e. The molecule has 2 rings (SSSR count). The summed E-state index contributed by atoms with van der Waals surface area (Å²) in [5, 5.41) is 0. The fourth-order valence-corrected chi connectivity index (χ4v) is 2.07. The van der Waals surface area contributed by atoms with Gasteiger partial charge in [-0.1, -0.05) is 0 Å². The molecule has 2 heterocycles. The van der Waals surface area contributed by atoms with Gasteiger partial charge in [0, 0.05) is 30.7 Å². The molecule has 6 nitrogen and oxygen atoms in total. The van der Waals surface area contributed by atoms with Gasteiger partial charge in [0.1, 0.15) is 5.60 Å². The van der Waals surface area contributed by atoms with E-state index in [2.05, 4.69) is 19.9 Å². The second-order valence-corrected chi connectivity index (χ2v) is 6.70. The molecule has 9 heteroatoms. The summed E-state index contributed by atoms with van der Waals surface area (Å²) in [6.45, 7) is 7.13. The summed E-state index contributed by atoms with van der Waals surface area (Å²) in [6, 6.07) is 0. The number of halogens is 3. The van der Waals surface area contributed by atoms with Crippen LogP contribution in [0.2, 0.25) is 0 Å². The van der Waals surface area contributed by atoms with E-state index in [-0.39, 0.29) is 23.8 Å². The average molecular weight is 368 g/mol. The van der Waals surface area contributed by atoms with E-state index in [0.717, 1.165) is 18.0 Å². The molecule has 2 aromatic rings. The fourth-order valence-electron chi connectivity index (χ4n) is 2.07. The van der Waals surface area contributed by atoms with E-state index in [0.29, 0.717) is 12.1 Å². The monoisotopic (exact) mass is 368 g/mol. The molecular weight excluding hydrogens is 349 g/mol. The Bertz CT molecular complexity index is 784. The molecule has 0 radical (unpaired) electrons. The lowest BCUT2D eigenvalue weighted by atomic mass is 10.1. The molecule has 0 N–H and O–H groups in total. The predicted octanol–water partition coefficient (Wildman–Crippen LogP) is 3.54. The number of aromatic nitrogens is 4. The van der Waals surface area contributed by atoms with Crippen molar-refractivity contribution in [3.05, 3.63) is 35.7 Å². The van der Waals surface area contributed by atoms with Crippen molar-refractivity contribution in [3.63, 3.8) is 0 Å². The van der Waals surface area contributed by atoms with Crippen LogP contribution in [0.1, 0.15) is 44.3 Å². The van der Waals surface area contributed by atoms with E-state index in [1.165, 1.54) is 0 Å². The van der Waals surface area contributed by atoms with Crippen LogP contribution >= 0.6 is 0 Å². The van der Waals surface area contributed by atoms with Gasteiger partial charge in [-0.25, -0.2) is 19.9 Å². The maximum atomic E-state index is 12.5. The molecule has 0 atom stereocenters. The molecule has 2 aromatic heterocycles. The number of carbonyl (C=O) groups excluding carboxylic acids is 1. The summed E-state index contributed by atoms with van der Waals surface area (Å²) in [7, 11) is 0. The van der Waals surface area contributed by atoms with Crippen molar-refractivity contribution in [2.24, 2.45) is 0 Å². The normalized spacial score (nSPS) is 12.1. The van der Waals surface area contributed by atoms with E-state index in [4.69, 9.17) is 4.74 Å². The highest BCUT2D eigenvalue weighted by molar-refractivity contribution is 5.70. The van der Waals surface area contributed by atoms with Crippen molar-refractivity contribution >= 4 is 5.97 Å². The quantitative estimate of drug-likeness (QED) is 0.768. The summed E-state index contributed by atoms with van der Waals surface area (Å²) in [5.74, 6) is -1.38. The van der Waals surface area contributed by atoms with E-state index >= 15 is 0 Å². The van der Waals surface area contributed by atoms with Crippen molar-refractivity contribution in [1.29, 1.82) is 0 Å². The van der Waals surface area contributed by atoms with E-state index in [9.17, 15) is 18.0 Å². The first-order chi connectivity index (χ1) is 12.0. The number of hydrogen-bond acceptors (Lipinski definition) is 6. The van der Waals surface area contributed by atoms with Gasteiger partial charge in [0.05, 0.1) is 12.0 Å². The lowest BCUT2D eigenvalue weighted by Crippen LogP contribution is -2.24. The predicted molar refractivity (Wildman–Crippen MR) is 87.0 cm³/mol. The minimum atomic E-state index is -4.61. The van der Waals surface area contributed by atoms with Gasteiger partial charge in [0.15, 0.2) is 5.82 Å². The van der Waals surface area contributed by atoms with Crippen LogP contribution in [-0.4, -0.2) is 31.5 Å². The lowest BCUT2D eigenvalue weighted by molar-refractivity contribution is -0.154. The van der Waals surface area contributed by atoms with Gasteiger partial charge in [0.2, 0.25) is 5.82 Å². The Morgan fingerprint density at radius 1 is 1.08 bits per heavy atom. The molecule has 26 heavy (non-hydrogen) atoms. The van der Waals surface area contributed by atoms with Crippen LogP contribution in [0.15, 0.2) is 18.6 Å². The Kier molecular flexibility index (Phi) is 5.58. The Balaban J connectivity index is 2.15. The summed E-state index contributed by atoms with van der Waals surface area (Å²) in [6.07, 6.45) is -0.540. The van der Waals surface area contributed by atoms with Crippen molar-refractivity contribution in [1.82, 2.24) is 19.9 Å². The Morgan fingerprint density at radius 2 is 1.69 bits per heavy atom. The molecule has 0 bridgehead atoms. The molecule has 0 fully saturated rings. The van der Waals surface area contributed by atoms with Crippen LogP contribution in [-0.2, 0) is 22.1 Å². The van der Waals surface area contributed by atoms with Crippen LogP contribution in [0.3, 0.4) is 0 Å². The van der Waals surface area contributed by atoms with E-state index < -0.39 is 17.6 Å².